The van der Waals surface area contributed by atoms with Crippen molar-refractivity contribution in [1.82, 2.24) is 5.32 Å². The number of carbonyl (C=O) groups is 2. The second-order valence-corrected chi connectivity index (χ2v) is 5.41. The lowest BCUT2D eigenvalue weighted by Crippen LogP contribution is -2.38. The van der Waals surface area contributed by atoms with Crippen LogP contribution in [0.4, 0.5) is 14.9 Å². The van der Waals surface area contributed by atoms with Gasteiger partial charge in [0, 0.05) is 18.1 Å². The Morgan fingerprint density at radius 1 is 1.44 bits per heavy atom. The fraction of sp³-hybridized carbons (Fsp3) is 0.273. The van der Waals surface area contributed by atoms with Gasteiger partial charge in [0.05, 0.1) is 12.3 Å². The molecule has 2 aliphatic rings. The lowest BCUT2D eigenvalue weighted by molar-refractivity contribution is -0.122. The highest BCUT2D eigenvalue weighted by Gasteiger charge is 2.52. The number of nitrogens with two attached hydrogens (primary N) is 1. The summed E-state index contributed by atoms with van der Waals surface area (Å²) in [4.78, 5) is 23.3. The van der Waals surface area contributed by atoms with E-state index in [0.717, 1.165) is 17.8 Å². The number of carbonyl (C=O) groups excluding carboxylic acids is 2. The van der Waals surface area contributed by atoms with Crippen LogP contribution in [0.15, 0.2) is 12.1 Å². The number of rotatable bonds is 0. The van der Waals surface area contributed by atoms with Crippen molar-refractivity contribution in [3.63, 3.8) is 0 Å². The molecule has 7 heteroatoms. The number of hydrogen-bond donors (Lipinski definition) is 2. The van der Waals surface area contributed by atoms with Crippen LogP contribution in [0.1, 0.15) is 12.0 Å². The molecule has 1 aromatic carbocycles. The number of anilines is 1. The number of nitrogen functional groups attached to an aromatic ring is 1. The number of hydrogen-bond acceptors (Lipinski definition) is 5. The molecule has 1 fully saturated rings. The van der Waals surface area contributed by atoms with Crippen molar-refractivity contribution in [1.29, 1.82) is 0 Å². The van der Waals surface area contributed by atoms with Gasteiger partial charge in [-0.05, 0) is 17.8 Å². The normalized spacial score (nSPS) is 25.8. The van der Waals surface area contributed by atoms with E-state index in [9.17, 15) is 14.0 Å². The second-order valence-electron chi connectivity index (χ2n) is 4.14. The number of thioether (sulfide) groups is 1. The zero-order valence-electron chi connectivity index (χ0n) is 9.16. The molecule has 1 aromatic rings. The van der Waals surface area contributed by atoms with E-state index in [1.807, 2.05) is 0 Å². The summed E-state index contributed by atoms with van der Waals surface area (Å²) in [5, 5.41) is 1.79. The van der Waals surface area contributed by atoms with Gasteiger partial charge in [-0.15, -0.1) is 0 Å². The quantitative estimate of drug-likeness (QED) is 0.694. The first kappa shape index (κ1) is 11.3. The highest BCUT2D eigenvalue weighted by Crippen LogP contribution is 2.51. The summed E-state index contributed by atoms with van der Waals surface area (Å²) in [5.74, 6) is -0.698. The molecule has 1 atom stereocenters. The number of nitrogens with one attached hydrogen (secondary N) is 1. The van der Waals surface area contributed by atoms with E-state index in [2.05, 4.69) is 5.32 Å². The number of halogens is 1. The molecular weight excluding hydrogens is 259 g/mol. The zero-order chi connectivity index (χ0) is 12.9. The molecule has 0 radical (unpaired) electrons. The van der Waals surface area contributed by atoms with E-state index >= 15 is 0 Å². The Kier molecular flexibility index (Phi) is 2.28. The lowest BCUT2D eigenvalue weighted by Gasteiger charge is -2.32. The van der Waals surface area contributed by atoms with Crippen LogP contribution in [0.25, 0.3) is 0 Å². The molecule has 94 valence electrons. The molecule has 2 amide bonds. The van der Waals surface area contributed by atoms with E-state index < -0.39 is 21.7 Å². The molecule has 3 N–H and O–H groups in total. The Balaban J connectivity index is 2.23. The molecule has 0 aromatic heterocycles. The average Bonchev–Trinajstić information content (AvgIpc) is 2.56. The number of benzene rings is 1. The summed E-state index contributed by atoms with van der Waals surface area (Å²) in [6, 6.07) is 2.34. The van der Waals surface area contributed by atoms with Gasteiger partial charge in [0.15, 0.2) is 0 Å². The predicted octanol–water partition coefficient (Wildman–Crippen LogP) is 1.37. The van der Waals surface area contributed by atoms with E-state index in [1.54, 1.807) is 0 Å². The summed E-state index contributed by atoms with van der Waals surface area (Å²) < 4.78 is 17.7. The summed E-state index contributed by atoms with van der Waals surface area (Å²) in [6.45, 7) is 0.260. The fourth-order valence-electron chi connectivity index (χ4n) is 2.27. The van der Waals surface area contributed by atoms with Gasteiger partial charge in [0.1, 0.15) is 16.3 Å². The minimum absolute atomic E-state index is 0.136. The van der Waals surface area contributed by atoms with Crippen molar-refractivity contribution < 1.29 is 18.7 Å². The van der Waals surface area contributed by atoms with Crippen LogP contribution in [0.5, 0.6) is 5.75 Å². The monoisotopic (exact) mass is 268 g/mol. The number of ether oxygens (including phenoxy) is 1. The maximum atomic E-state index is 13.5. The first-order valence-electron chi connectivity index (χ1n) is 5.30. The SMILES string of the molecule is Nc1cc(F)cc2c1OCCC21SC(=O)NC1=O. The van der Waals surface area contributed by atoms with Gasteiger partial charge >= 0.3 is 0 Å². The minimum Gasteiger partial charge on any atom is -0.491 e. The van der Waals surface area contributed by atoms with E-state index in [0.29, 0.717) is 17.7 Å². The number of amides is 2. The van der Waals surface area contributed by atoms with Crippen molar-refractivity contribution in [2.45, 2.75) is 11.2 Å². The Labute approximate surface area is 106 Å². The van der Waals surface area contributed by atoms with Gasteiger partial charge in [-0.25, -0.2) is 4.39 Å². The molecule has 2 heterocycles. The topological polar surface area (TPSA) is 81.4 Å². The highest BCUT2D eigenvalue weighted by molar-refractivity contribution is 8.15. The third-order valence-electron chi connectivity index (χ3n) is 3.07. The molecule has 18 heavy (non-hydrogen) atoms. The highest BCUT2D eigenvalue weighted by atomic mass is 32.2. The van der Waals surface area contributed by atoms with E-state index in [4.69, 9.17) is 10.5 Å². The molecule has 0 saturated carbocycles. The van der Waals surface area contributed by atoms with Crippen LogP contribution in [-0.4, -0.2) is 17.8 Å². The Morgan fingerprint density at radius 2 is 2.22 bits per heavy atom. The van der Waals surface area contributed by atoms with Crippen molar-refractivity contribution in [3.05, 3.63) is 23.5 Å². The van der Waals surface area contributed by atoms with Gasteiger partial charge in [-0.3, -0.25) is 14.9 Å². The van der Waals surface area contributed by atoms with Crippen LogP contribution in [0.3, 0.4) is 0 Å². The molecule has 3 rings (SSSR count). The summed E-state index contributed by atoms with van der Waals surface area (Å²) in [5.41, 5.74) is 6.15. The van der Waals surface area contributed by atoms with Gasteiger partial charge in [0.25, 0.3) is 5.24 Å². The number of imide groups is 1. The van der Waals surface area contributed by atoms with E-state index in [-0.39, 0.29) is 12.3 Å². The molecule has 2 aliphatic heterocycles. The first-order chi connectivity index (χ1) is 8.53. The molecule has 1 spiro atoms. The third kappa shape index (κ3) is 1.40. The van der Waals surface area contributed by atoms with Gasteiger partial charge in [-0.2, -0.15) is 0 Å². The molecule has 1 saturated heterocycles. The lowest BCUT2D eigenvalue weighted by atomic mass is 9.90. The predicted molar refractivity (Wildman–Crippen MR) is 63.7 cm³/mol. The second kappa shape index (κ2) is 3.61. The van der Waals surface area contributed by atoms with Crippen molar-refractivity contribution in [2.75, 3.05) is 12.3 Å². The van der Waals surface area contributed by atoms with Crippen LogP contribution < -0.4 is 15.8 Å². The smallest absolute Gasteiger partial charge is 0.287 e. The van der Waals surface area contributed by atoms with Gasteiger partial charge in [-0.1, -0.05) is 0 Å². The zero-order valence-corrected chi connectivity index (χ0v) is 9.97. The Morgan fingerprint density at radius 3 is 2.89 bits per heavy atom. The Bertz CT molecular complexity index is 578. The maximum absolute atomic E-state index is 13.5. The van der Waals surface area contributed by atoms with Crippen LogP contribution in [0.2, 0.25) is 0 Å². The van der Waals surface area contributed by atoms with Crippen LogP contribution in [-0.2, 0) is 9.54 Å². The van der Waals surface area contributed by atoms with Crippen LogP contribution >= 0.6 is 11.8 Å². The number of fused-ring (bicyclic) bond motifs is 2. The molecule has 1 unspecified atom stereocenters. The fourth-order valence-corrected chi connectivity index (χ4v) is 3.32. The van der Waals surface area contributed by atoms with Crippen molar-refractivity contribution in [2.24, 2.45) is 0 Å². The summed E-state index contributed by atoms with van der Waals surface area (Å²) >= 11 is 0.855. The summed E-state index contributed by atoms with van der Waals surface area (Å²) in [7, 11) is 0. The van der Waals surface area contributed by atoms with Crippen molar-refractivity contribution >= 4 is 28.6 Å². The molecule has 0 bridgehead atoms. The first-order valence-corrected chi connectivity index (χ1v) is 6.11. The third-order valence-corrected chi connectivity index (χ3v) is 4.31. The molecule has 5 nitrogen and oxygen atoms in total. The Hall–Kier alpha value is -1.76. The van der Waals surface area contributed by atoms with Crippen LogP contribution in [0, 0.1) is 5.82 Å². The molecular formula is C11H9FN2O3S. The minimum atomic E-state index is -1.11. The summed E-state index contributed by atoms with van der Waals surface area (Å²) in [6.07, 6.45) is 0.311. The van der Waals surface area contributed by atoms with E-state index in [1.165, 1.54) is 6.07 Å². The van der Waals surface area contributed by atoms with Crippen molar-refractivity contribution in [3.8, 4) is 5.75 Å². The average molecular weight is 268 g/mol. The largest absolute Gasteiger partial charge is 0.491 e. The van der Waals surface area contributed by atoms with Gasteiger partial charge in [0.2, 0.25) is 5.91 Å². The van der Waals surface area contributed by atoms with Gasteiger partial charge < -0.3 is 10.5 Å². The standard InChI is InChI=1S/C11H9FN2O3S/c12-5-3-6-8(7(13)4-5)17-2-1-11(6)9(15)14-10(16)18-11/h3-4H,1-2,13H2,(H,14,15,16). The maximum Gasteiger partial charge on any atom is 0.287 e. The molecule has 0 aliphatic carbocycles.